The van der Waals surface area contributed by atoms with Gasteiger partial charge < -0.3 is 15.4 Å². The van der Waals surface area contributed by atoms with Crippen molar-refractivity contribution in [3.8, 4) is 0 Å². The van der Waals surface area contributed by atoms with Crippen molar-refractivity contribution in [3.05, 3.63) is 33.9 Å². The third-order valence-electron chi connectivity index (χ3n) is 3.53. The number of carbonyl (C=O) groups is 2. The molecule has 0 unspecified atom stereocenters. The Labute approximate surface area is 144 Å². The minimum Gasteiger partial charge on any atom is -0.481 e. The van der Waals surface area contributed by atoms with Crippen molar-refractivity contribution < 1.29 is 14.7 Å². The van der Waals surface area contributed by atoms with E-state index in [1.54, 1.807) is 18.2 Å². The fourth-order valence-corrected chi connectivity index (χ4v) is 2.79. The summed E-state index contributed by atoms with van der Waals surface area (Å²) in [4.78, 5) is 25.5. The number of halogens is 2. The van der Waals surface area contributed by atoms with Crippen molar-refractivity contribution in [1.29, 1.82) is 0 Å². The zero-order chi connectivity index (χ0) is 16.8. The highest BCUT2D eigenvalue weighted by Crippen LogP contribution is 2.29. The molecule has 0 spiro atoms. The summed E-state index contributed by atoms with van der Waals surface area (Å²) in [5.41, 5.74) is 1.09. The van der Waals surface area contributed by atoms with Crippen molar-refractivity contribution in [2.75, 3.05) is 6.54 Å². The second-order valence-corrected chi connectivity index (χ2v) is 6.13. The Bertz CT molecular complexity index is 713. The van der Waals surface area contributed by atoms with Crippen LogP contribution in [0.15, 0.2) is 18.2 Å². The van der Waals surface area contributed by atoms with Gasteiger partial charge in [0.1, 0.15) is 5.69 Å². The van der Waals surface area contributed by atoms with Crippen molar-refractivity contribution in [1.82, 2.24) is 10.3 Å². The number of aromatic nitrogens is 1. The minimum atomic E-state index is -0.771. The summed E-state index contributed by atoms with van der Waals surface area (Å²) in [6, 6.07) is 5.23. The quantitative estimate of drug-likeness (QED) is 0.618. The molecule has 2 aromatic rings. The first-order valence-corrected chi connectivity index (χ1v) is 8.21. The van der Waals surface area contributed by atoms with Crippen LogP contribution in [0.5, 0.6) is 0 Å². The van der Waals surface area contributed by atoms with Crippen LogP contribution in [0.2, 0.25) is 10.0 Å². The number of nitrogens with one attached hydrogen (secondary N) is 2. The van der Waals surface area contributed by atoms with Gasteiger partial charge in [0.15, 0.2) is 0 Å². The lowest BCUT2D eigenvalue weighted by Crippen LogP contribution is -2.25. The molecule has 23 heavy (non-hydrogen) atoms. The van der Waals surface area contributed by atoms with Crippen LogP contribution in [0.3, 0.4) is 0 Å². The maximum Gasteiger partial charge on any atom is 0.303 e. The Hall–Kier alpha value is -1.72. The molecule has 7 heteroatoms. The Balaban J connectivity index is 1.82. The number of aromatic amines is 1. The molecule has 1 heterocycles. The number of carbonyl (C=O) groups excluding carboxylic acids is 1. The molecule has 0 bridgehead atoms. The molecule has 0 radical (unpaired) electrons. The second-order valence-electron chi connectivity index (χ2n) is 5.32. The fourth-order valence-electron chi connectivity index (χ4n) is 2.33. The van der Waals surface area contributed by atoms with Gasteiger partial charge in [-0.1, -0.05) is 36.0 Å². The minimum absolute atomic E-state index is 0.194. The predicted octanol–water partition coefficient (Wildman–Crippen LogP) is 4.24. The molecule has 0 aliphatic rings. The van der Waals surface area contributed by atoms with Crippen LogP contribution in [-0.4, -0.2) is 28.5 Å². The normalized spacial score (nSPS) is 10.9. The van der Waals surface area contributed by atoms with Crippen molar-refractivity contribution in [2.45, 2.75) is 32.1 Å². The van der Waals surface area contributed by atoms with Gasteiger partial charge in [-0.15, -0.1) is 0 Å². The highest BCUT2D eigenvalue weighted by Gasteiger charge is 2.16. The third-order valence-corrected chi connectivity index (χ3v) is 4.15. The van der Waals surface area contributed by atoms with Crippen LogP contribution >= 0.6 is 23.2 Å². The Morgan fingerprint density at radius 3 is 2.61 bits per heavy atom. The molecule has 3 N–H and O–H groups in total. The van der Waals surface area contributed by atoms with Gasteiger partial charge in [0.25, 0.3) is 5.91 Å². The summed E-state index contributed by atoms with van der Waals surface area (Å²) < 4.78 is 0. The number of amides is 1. The van der Waals surface area contributed by atoms with Crippen molar-refractivity contribution >= 4 is 46.0 Å². The average molecular weight is 357 g/mol. The van der Waals surface area contributed by atoms with E-state index in [-0.39, 0.29) is 12.3 Å². The van der Waals surface area contributed by atoms with E-state index in [2.05, 4.69) is 10.3 Å². The second kappa shape index (κ2) is 8.22. The lowest BCUT2D eigenvalue weighted by Gasteiger charge is -2.04. The van der Waals surface area contributed by atoms with E-state index in [4.69, 9.17) is 28.3 Å². The molecular formula is C16H18Cl2N2O3. The standard InChI is InChI=1S/C16H18Cl2N2O3/c17-10-6-7-12-11(9-10)14(18)15(20-12)16(23)19-8-4-2-1-3-5-13(21)22/h6-7,9,20H,1-5,8H2,(H,19,23)(H,21,22). The molecule has 0 fully saturated rings. The smallest absolute Gasteiger partial charge is 0.303 e. The summed E-state index contributed by atoms with van der Waals surface area (Å²) in [6.45, 7) is 0.526. The van der Waals surface area contributed by atoms with Gasteiger partial charge in [-0.25, -0.2) is 0 Å². The Kier molecular flexibility index (Phi) is 6.30. The molecular weight excluding hydrogens is 339 g/mol. The van der Waals surface area contributed by atoms with Gasteiger partial charge in [-0.2, -0.15) is 0 Å². The number of H-pyrrole nitrogens is 1. The van der Waals surface area contributed by atoms with E-state index in [9.17, 15) is 9.59 Å². The summed E-state index contributed by atoms with van der Waals surface area (Å²) >= 11 is 12.2. The number of hydrogen-bond acceptors (Lipinski definition) is 2. The Morgan fingerprint density at radius 1 is 1.13 bits per heavy atom. The first-order chi connectivity index (χ1) is 11.0. The topological polar surface area (TPSA) is 82.2 Å². The van der Waals surface area contributed by atoms with Crippen LogP contribution < -0.4 is 5.32 Å². The maximum atomic E-state index is 12.2. The summed E-state index contributed by atoms with van der Waals surface area (Å²) in [6.07, 6.45) is 3.38. The largest absolute Gasteiger partial charge is 0.481 e. The van der Waals surface area contributed by atoms with E-state index >= 15 is 0 Å². The SMILES string of the molecule is O=C(O)CCCCCCNC(=O)c1[nH]c2ccc(Cl)cc2c1Cl. The van der Waals surface area contributed by atoms with Crippen LogP contribution in [0.4, 0.5) is 0 Å². The van der Waals surface area contributed by atoms with Crippen molar-refractivity contribution in [2.24, 2.45) is 0 Å². The van der Waals surface area contributed by atoms with Gasteiger partial charge >= 0.3 is 5.97 Å². The van der Waals surface area contributed by atoms with Gasteiger partial charge in [-0.05, 0) is 31.0 Å². The molecule has 5 nitrogen and oxygen atoms in total. The van der Waals surface area contributed by atoms with Crippen LogP contribution in [0.25, 0.3) is 10.9 Å². The molecule has 0 aliphatic heterocycles. The first kappa shape index (κ1) is 17.6. The third kappa shape index (κ3) is 4.88. The lowest BCUT2D eigenvalue weighted by molar-refractivity contribution is -0.137. The molecule has 0 saturated heterocycles. The summed E-state index contributed by atoms with van der Waals surface area (Å²) in [5.74, 6) is -1.03. The number of aliphatic carboxylic acids is 1. The summed E-state index contributed by atoms with van der Waals surface area (Å²) in [5, 5.41) is 13.0. The first-order valence-electron chi connectivity index (χ1n) is 7.45. The predicted molar refractivity (Wildman–Crippen MR) is 91.4 cm³/mol. The number of fused-ring (bicyclic) bond motifs is 1. The van der Waals surface area contributed by atoms with Crippen LogP contribution in [0, 0.1) is 0 Å². The maximum absolute atomic E-state index is 12.2. The van der Waals surface area contributed by atoms with Gasteiger partial charge in [0, 0.05) is 28.9 Å². The number of carboxylic acids is 1. The molecule has 2 rings (SSSR count). The van der Waals surface area contributed by atoms with E-state index < -0.39 is 5.97 Å². The highest BCUT2D eigenvalue weighted by molar-refractivity contribution is 6.39. The lowest BCUT2D eigenvalue weighted by atomic mass is 10.1. The molecule has 0 aliphatic carbocycles. The number of hydrogen-bond donors (Lipinski definition) is 3. The van der Waals surface area contributed by atoms with E-state index in [1.165, 1.54) is 0 Å². The van der Waals surface area contributed by atoms with Crippen LogP contribution in [0.1, 0.15) is 42.6 Å². The zero-order valence-electron chi connectivity index (χ0n) is 12.5. The van der Waals surface area contributed by atoms with E-state index in [1.807, 2.05) is 0 Å². The fraction of sp³-hybridized carbons (Fsp3) is 0.375. The number of carboxylic acid groups (broad SMARTS) is 1. The molecule has 1 amide bonds. The van der Waals surface area contributed by atoms with Crippen molar-refractivity contribution in [3.63, 3.8) is 0 Å². The van der Waals surface area contributed by atoms with Gasteiger partial charge in [0.05, 0.1) is 5.02 Å². The van der Waals surface area contributed by atoms with Gasteiger partial charge in [0.2, 0.25) is 0 Å². The molecule has 0 saturated carbocycles. The van der Waals surface area contributed by atoms with E-state index in [0.717, 1.165) is 30.2 Å². The average Bonchev–Trinajstić information content (AvgIpc) is 2.83. The zero-order valence-corrected chi connectivity index (χ0v) is 14.0. The molecule has 1 aromatic carbocycles. The number of benzene rings is 1. The monoisotopic (exact) mass is 356 g/mol. The van der Waals surface area contributed by atoms with Gasteiger partial charge in [-0.3, -0.25) is 9.59 Å². The highest BCUT2D eigenvalue weighted by atomic mass is 35.5. The Morgan fingerprint density at radius 2 is 1.87 bits per heavy atom. The molecule has 0 atom stereocenters. The van der Waals surface area contributed by atoms with Crippen LogP contribution in [-0.2, 0) is 4.79 Å². The molecule has 124 valence electrons. The number of rotatable bonds is 8. The molecule has 1 aromatic heterocycles. The number of unbranched alkanes of at least 4 members (excludes halogenated alkanes) is 3. The summed E-state index contributed by atoms with van der Waals surface area (Å²) in [7, 11) is 0. The van der Waals surface area contributed by atoms with E-state index in [0.29, 0.717) is 28.7 Å².